The van der Waals surface area contributed by atoms with Crippen LogP contribution in [0.5, 0.6) is 5.75 Å². The molecule has 0 fully saturated rings. The van der Waals surface area contributed by atoms with E-state index < -0.39 is 0 Å². The van der Waals surface area contributed by atoms with Crippen molar-refractivity contribution in [2.45, 2.75) is 6.42 Å². The quantitative estimate of drug-likeness (QED) is 0.812. The first-order chi connectivity index (χ1) is 11.1. The second kappa shape index (κ2) is 10.00. The van der Waals surface area contributed by atoms with Gasteiger partial charge < -0.3 is 14.2 Å². The Hall–Kier alpha value is -2.82. The maximum absolute atomic E-state index is 11.1. The lowest BCUT2D eigenvalue weighted by Gasteiger charge is -2.04. The summed E-state index contributed by atoms with van der Waals surface area (Å²) in [5, 5.41) is 0. The van der Waals surface area contributed by atoms with E-state index in [4.69, 9.17) is 4.74 Å². The SMILES string of the molecule is COC(=O)Cc1ccccc1.COC(=O)c1ccccc1OC. The molecule has 0 saturated carbocycles. The summed E-state index contributed by atoms with van der Waals surface area (Å²) in [5.41, 5.74) is 1.43. The molecule has 0 aliphatic carbocycles. The summed E-state index contributed by atoms with van der Waals surface area (Å²) in [5.74, 6) is -0.0481. The molecule has 122 valence electrons. The zero-order valence-corrected chi connectivity index (χ0v) is 13.4. The molecule has 0 heterocycles. The molecule has 0 aliphatic rings. The lowest BCUT2D eigenvalue weighted by molar-refractivity contribution is -0.139. The minimum Gasteiger partial charge on any atom is -0.496 e. The van der Waals surface area contributed by atoms with Gasteiger partial charge in [-0.1, -0.05) is 42.5 Å². The molecule has 0 unspecified atom stereocenters. The topological polar surface area (TPSA) is 61.8 Å². The fraction of sp³-hybridized carbons (Fsp3) is 0.222. The predicted octanol–water partition coefficient (Wildman–Crippen LogP) is 2.88. The van der Waals surface area contributed by atoms with Gasteiger partial charge in [-0.05, 0) is 17.7 Å². The summed E-state index contributed by atoms with van der Waals surface area (Å²) in [6, 6.07) is 16.4. The highest BCUT2D eigenvalue weighted by Crippen LogP contribution is 2.17. The van der Waals surface area contributed by atoms with E-state index in [1.807, 2.05) is 30.3 Å². The van der Waals surface area contributed by atoms with Gasteiger partial charge in [0.1, 0.15) is 11.3 Å². The van der Waals surface area contributed by atoms with Crippen LogP contribution >= 0.6 is 0 Å². The molecule has 0 aromatic heterocycles. The standard InChI is InChI=1S/C9H10O3.C9H10O2/c1-11-8-6-4-3-5-7(8)9(10)12-2;1-11-9(10)7-8-5-3-2-4-6-8/h3-6H,1-2H3;2-6H,7H2,1H3. The van der Waals surface area contributed by atoms with Gasteiger partial charge >= 0.3 is 11.9 Å². The number of benzene rings is 2. The van der Waals surface area contributed by atoms with Gasteiger partial charge in [-0.3, -0.25) is 4.79 Å². The number of hydrogen-bond donors (Lipinski definition) is 0. The normalized spacial score (nSPS) is 9.17. The molecule has 0 aliphatic heterocycles. The van der Waals surface area contributed by atoms with Crippen LogP contribution in [0.15, 0.2) is 54.6 Å². The Balaban J connectivity index is 0.000000231. The Morgan fingerprint density at radius 1 is 0.826 bits per heavy atom. The van der Waals surface area contributed by atoms with Crippen LogP contribution in [0, 0.1) is 0 Å². The number of ether oxygens (including phenoxy) is 3. The zero-order valence-electron chi connectivity index (χ0n) is 13.4. The summed E-state index contributed by atoms with van der Waals surface area (Å²) in [6.45, 7) is 0. The van der Waals surface area contributed by atoms with Gasteiger partial charge in [0.15, 0.2) is 0 Å². The largest absolute Gasteiger partial charge is 0.496 e. The van der Waals surface area contributed by atoms with Crippen molar-refractivity contribution in [2.75, 3.05) is 21.3 Å². The van der Waals surface area contributed by atoms with Crippen molar-refractivity contribution in [3.63, 3.8) is 0 Å². The van der Waals surface area contributed by atoms with Crippen molar-refractivity contribution < 1.29 is 23.8 Å². The van der Waals surface area contributed by atoms with Crippen molar-refractivity contribution in [2.24, 2.45) is 0 Å². The van der Waals surface area contributed by atoms with Crippen molar-refractivity contribution in [1.29, 1.82) is 0 Å². The highest BCUT2D eigenvalue weighted by Gasteiger charge is 2.10. The van der Waals surface area contributed by atoms with Gasteiger partial charge in [0.2, 0.25) is 0 Å². The number of methoxy groups -OCH3 is 3. The Kier molecular flexibility index (Phi) is 7.92. The van der Waals surface area contributed by atoms with E-state index in [9.17, 15) is 9.59 Å². The van der Waals surface area contributed by atoms with E-state index >= 15 is 0 Å². The van der Waals surface area contributed by atoms with Gasteiger partial charge in [0, 0.05) is 0 Å². The van der Waals surface area contributed by atoms with Gasteiger partial charge in [-0.15, -0.1) is 0 Å². The van der Waals surface area contributed by atoms with Crippen molar-refractivity contribution in [1.82, 2.24) is 0 Å². The van der Waals surface area contributed by atoms with Crippen LogP contribution in [0.3, 0.4) is 0 Å². The third kappa shape index (κ3) is 6.22. The molecule has 5 nitrogen and oxygen atoms in total. The summed E-state index contributed by atoms with van der Waals surface area (Å²) in [4.78, 5) is 21.8. The third-order valence-corrected chi connectivity index (χ3v) is 2.93. The van der Waals surface area contributed by atoms with Crippen LogP contribution in [0.1, 0.15) is 15.9 Å². The fourth-order valence-electron chi connectivity index (χ4n) is 1.76. The molecule has 0 amide bonds. The molecule has 0 spiro atoms. The molecule has 2 rings (SSSR count). The summed E-state index contributed by atoms with van der Waals surface area (Å²) in [7, 11) is 4.25. The third-order valence-electron chi connectivity index (χ3n) is 2.93. The lowest BCUT2D eigenvalue weighted by atomic mass is 10.2. The predicted molar refractivity (Wildman–Crippen MR) is 86.5 cm³/mol. The van der Waals surface area contributed by atoms with Crippen LogP contribution in [-0.4, -0.2) is 33.3 Å². The molecule has 0 radical (unpaired) electrons. The molecular weight excluding hydrogens is 296 g/mol. The molecule has 0 bridgehead atoms. The Labute approximate surface area is 135 Å². The lowest BCUT2D eigenvalue weighted by Crippen LogP contribution is -2.03. The minimum absolute atomic E-state index is 0.198. The second-order valence-electron chi connectivity index (χ2n) is 4.43. The van der Waals surface area contributed by atoms with E-state index in [0.717, 1.165) is 5.56 Å². The van der Waals surface area contributed by atoms with Crippen molar-refractivity contribution in [3.05, 3.63) is 65.7 Å². The molecular formula is C18H20O5. The van der Waals surface area contributed by atoms with Crippen LogP contribution in [-0.2, 0) is 20.7 Å². The maximum atomic E-state index is 11.1. The van der Waals surface area contributed by atoms with Crippen LogP contribution in [0.25, 0.3) is 0 Å². The number of carbonyl (C=O) groups excluding carboxylic acids is 2. The van der Waals surface area contributed by atoms with E-state index in [0.29, 0.717) is 17.7 Å². The average molecular weight is 316 g/mol. The summed E-state index contributed by atoms with van der Waals surface area (Å²) in [6.07, 6.45) is 0.358. The molecule has 0 saturated heterocycles. The Morgan fingerprint density at radius 2 is 1.43 bits per heavy atom. The Bertz CT molecular complexity index is 622. The molecule has 0 N–H and O–H groups in total. The average Bonchev–Trinajstić information content (AvgIpc) is 2.62. The fourth-order valence-corrected chi connectivity index (χ4v) is 1.76. The monoisotopic (exact) mass is 316 g/mol. The number of hydrogen-bond acceptors (Lipinski definition) is 5. The molecule has 2 aromatic carbocycles. The van der Waals surface area contributed by atoms with E-state index in [1.165, 1.54) is 21.3 Å². The van der Waals surface area contributed by atoms with E-state index in [-0.39, 0.29) is 11.9 Å². The smallest absolute Gasteiger partial charge is 0.341 e. The maximum Gasteiger partial charge on any atom is 0.341 e. The van der Waals surface area contributed by atoms with Crippen molar-refractivity contribution in [3.8, 4) is 5.75 Å². The number of rotatable bonds is 4. The number of carbonyl (C=O) groups is 2. The highest BCUT2D eigenvalue weighted by atomic mass is 16.5. The zero-order chi connectivity index (χ0) is 17.1. The second-order valence-corrected chi connectivity index (χ2v) is 4.43. The van der Waals surface area contributed by atoms with Crippen LogP contribution in [0.2, 0.25) is 0 Å². The first-order valence-corrected chi connectivity index (χ1v) is 6.94. The van der Waals surface area contributed by atoms with Crippen LogP contribution in [0.4, 0.5) is 0 Å². The van der Waals surface area contributed by atoms with E-state index in [2.05, 4.69) is 9.47 Å². The molecule has 0 atom stereocenters. The first-order valence-electron chi connectivity index (χ1n) is 6.94. The minimum atomic E-state index is -0.382. The number of esters is 2. The first kappa shape index (κ1) is 18.2. The van der Waals surface area contributed by atoms with E-state index in [1.54, 1.807) is 24.3 Å². The summed E-state index contributed by atoms with van der Waals surface area (Å²) >= 11 is 0. The number of para-hydroxylation sites is 1. The van der Waals surface area contributed by atoms with Gasteiger partial charge in [0.25, 0.3) is 0 Å². The Morgan fingerprint density at radius 3 is 2.00 bits per heavy atom. The van der Waals surface area contributed by atoms with Gasteiger partial charge in [-0.2, -0.15) is 0 Å². The van der Waals surface area contributed by atoms with Crippen LogP contribution < -0.4 is 4.74 Å². The van der Waals surface area contributed by atoms with Gasteiger partial charge in [-0.25, -0.2) is 4.79 Å². The summed E-state index contributed by atoms with van der Waals surface area (Å²) < 4.78 is 14.0. The highest BCUT2D eigenvalue weighted by molar-refractivity contribution is 5.92. The molecule has 23 heavy (non-hydrogen) atoms. The van der Waals surface area contributed by atoms with Gasteiger partial charge in [0.05, 0.1) is 27.8 Å². The molecule has 2 aromatic rings. The molecule has 5 heteroatoms. The van der Waals surface area contributed by atoms with Crippen molar-refractivity contribution >= 4 is 11.9 Å².